The molecule has 1 heterocycles. The number of ketones is 2. The van der Waals surface area contributed by atoms with Crippen LogP contribution in [0.25, 0.3) is 11.8 Å². The molecule has 0 bridgehead atoms. The number of carbonyl (C=O) groups excluding carboxylic acids is 2. The number of fused-ring (bicyclic) bond motifs is 4. The van der Waals surface area contributed by atoms with Gasteiger partial charge in [0.05, 0.1) is 31.4 Å². The van der Waals surface area contributed by atoms with Gasteiger partial charge in [0, 0.05) is 22.6 Å². The van der Waals surface area contributed by atoms with Crippen LogP contribution >= 0.6 is 0 Å². The zero-order chi connectivity index (χ0) is 36.8. The summed E-state index contributed by atoms with van der Waals surface area (Å²) in [7, 11) is 0.809. The second kappa shape index (κ2) is 14.4. The summed E-state index contributed by atoms with van der Waals surface area (Å²) in [5, 5.41) is 25.5. The van der Waals surface area contributed by atoms with Crippen LogP contribution in [-0.2, 0) is 15.6 Å². The van der Waals surface area contributed by atoms with E-state index in [-0.39, 0.29) is 58.4 Å². The van der Waals surface area contributed by atoms with Gasteiger partial charge in [0.25, 0.3) is 5.88 Å². The summed E-state index contributed by atoms with van der Waals surface area (Å²) in [5.74, 6) is -2.98. The average Bonchev–Trinajstić information content (AvgIpc) is 3.45. The molecule has 12 heteroatoms. The largest absolute Gasteiger partial charge is 0.507 e. The molecule has 1 aromatic carbocycles. The van der Waals surface area contributed by atoms with Gasteiger partial charge in [-0.1, -0.05) is 59.6 Å². The second-order valence-electron chi connectivity index (χ2n) is 15.5. The molecule has 5 rings (SSSR count). The summed E-state index contributed by atoms with van der Waals surface area (Å²) in [6.45, 7) is 14.5. The lowest BCUT2D eigenvalue weighted by Gasteiger charge is -2.55. The lowest BCUT2D eigenvalue weighted by Crippen LogP contribution is -2.68. The summed E-state index contributed by atoms with van der Waals surface area (Å²) in [5.41, 5.74) is -1.24. The molecule has 0 radical (unpaired) electrons. The van der Waals surface area contributed by atoms with Crippen LogP contribution in [0.5, 0.6) is 11.6 Å². The number of carbonyl (C=O) groups is 2. The third-order valence-electron chi connectivity index (χ3n) is 10.9. The van der Waals surface area contributed by atoms with Gasteiger partial charge in [-0.05, 0) is 75.1 Å². The van der Waals surface area contributed by atoms with Gasteiger partial charge in [0.2, 0.25) is 11.6 Å². The van der Waals surface area contributed by atoms with Crippen molar-refractivity contribution in [1.82, 2.24) is 10.1 Å². The predicted octanol–water partition coefficient (Wildman–Crippen LogP) is 7.47. The number of Topliss-reactive ketones (excluding diaryl/α,β-unsaturated/α-hetero) is 2. The van der Waals surface area contributed by atoms with Gasteiger partial charge < -0.3 is 28.6 Å². The number of aliphatic hydroxyl groups is 2. The van der Waals surface area contributed by atoms with E-state index in [9.17, 15) is 10.2 Å². The van der Waals surface area contributed by atoms with Crippen molar-refractivity contribution in [1.29, 1.82) is 0 Å². The highest BCUT2D eigenvalue weighted by atomic mass is 28.4. The van der Waals surface area contributed by atoms with Gasteiger partial charge in [-0.25, -0.2) is 4.39 Å². The fourth-order valence-electron chi connectivity index (χ4n) is 7.35. The fraction of sp³-hybridized carbons (Fsp3) is 0.605. The Balaban J connectivity index is 1.79. The maximum atomic E-state index is 16.0. The molecule has 0 spiro atoms. The van der Waals surface area contributed by atoms with Crippen LogP contribution in [0, 0.1) is 17.7 Å². The number of halogens is 1. The highest BCUT2D eigenvalue weighted by Gasteiger charge is 2.69. The molecule has 50 heavy (non-hydrogen) atoms. The van der Waals surface area contributed by atoms with Crippen LogP contribution in [0.15, 0.2) is 22.2 Å². The summed E-state index contributed by atoms with van der Waals surface area (Å²) in [6, 6.07) is 0.731. The molecule has 3 aliphatic carbocycles. The van der Waals surface area contributed by atoms with Crippen molar-refractivity contribution < 1.29 is 42.6 Å². The van der Waals surface area contributed by atoms with E-state index >= 15 is 14.0 Å². The normalized spacial score (nSPS) is 23.6. The number of rotatable bonds is 13. The Morgan fingerprint density at radius 1 is 1.10 bits per heavy atom. The third kappa shape index (κ3) is 6.26. The van der Waals surface area contributed by atoms with E-state index in [2.05, 4.69) is 5.16 Å². The van der Waals surface area contributed by atoms with E-state index in [1.54, 1.807) is 0 Å². The van der Waals surface area contributed by atoms with Crippen LogP contribution in [-0.4, -0.2) is 79.7 Å². The first-order valence-electron chi connectivity index (χ1n) is 17.8. The van der Waals surface area contributed by atoms with Crippen molar-refractivity contribution >= 4 is 31.7 Å². The Labute approximate surface area is 295 Å². The zero-order valence-corrected chi connectivity index (χ0v) is 31.9. The van der Waals surface area contributed by atoms with Gasteiger partial charge in [0.15, 0.2) is 19.7 Å². The van der Waals surface area contributed by atoms with Crippen LogP contribution in [0.4, 0.5) is 4.39 Å². The molecule has 0 saturated heterocycles. The van der Waals surface area contributed by atoms with Gasteiger partial charge in [-0.15, -0.1) is 0 Å². The molecule has 1 fully saturated rings. The van der Waals surface area contributed by atoms with Gasteiger partial charge >= 0.3 is 0 Å². The van der Waals surface area contributed by atoms with Crippen LogP contribution in [0.2, 0.25) is 18.1 Å². The highest BCUT2D eigenvalue weighted by Crippen LogP contribution is 2.59. The van der Waals surface area contributed by atoms with E-state index in [0.717, 1.165) is 19.3 Å². The average molecular weight is 713 g/mol. The Hall–Kier alpha value is -3.32. The molecule has 1 aromatic heterocycles. The molecule has 274 valence electrons. The molecule has 2 aromatic rings. The number of aromatic nitrogens is 1. The number of nitrogens with zero attached hydrogens (tertiary/aromatic N) is 2. The fourth-order valence-corrected chi connectivity index (χ4v) is 8.80. The molecule has 2 N–H and O–H groups in total. The molecular weight excluding hydrogens is 660 g/mol. The van der Waals surface area contributed by atoms with E-state index in [0.29, 0.717) is 31.0 Å². The molecule has 3 aliphatic rings. The van der Waals surface area contributed by atoms with Crippen LogP contribution < -0.4 is 9.47 Å². The quantitative estimate of drug-likeness (QED) is 0.123. The molecule has 0 amide bonds. The standard InChI is InChI=1S/C38H53FN2O8Si/c1-10-12-17-46-32-22(15-14-16-42)21-26(39)24-19-23-20-25-30(41(6)7)33-29(36(40-48-33)47-18-13-11-2)35(45)38(25,49-50(8,9)37(3,4)5)34(44)27(23)31(43)28(24)32/h14-15,21,23,25,30,42-43H,10-13,16-20H2,1-9H3/b15-14+/t23-,25-,30-,38-/m0/s1. The zero-order valence-electron chi connectivity index (χ0n) is 30.9. The molecule has 0 unspecified atom stereocenters. The Kier molecular flexibility index (Phi) is 10.9. The smallest absolute Gasteiger partial charge is 0.265 e. The first-order valence-corrected chi connectivity index (χ1v) is 20.8. The summed E-state index contributed by atoms with van der Waals surface area (Å²) < 4.78 is 41.2. The maximum Gasteiger partial charge on any atom is 0.265 e. The lowest BCUT2D eigenvalue weighted by atomic mass is 9.57. The topological polar surface area (TPSA) is 132 Å². The van der Waals surface area contributed by atoms with Gasteiger partial charge in [0.1, 0.15) is 22.9 Å². The van der Waals surface area contributed by atoms with Crippen LogP contribution in [0.3, 0.4) is 0 Å². The van der Waals surface area contributed by atoms with E-state index < -0.39 is 54.9 Å². The minimum atomic E-state index is -2.90. The van der Waals surface area contributed by atoms with Gasteiger partial charge in [-0.2, -0.15) is 0 Å². The number of unbranched alkanes of at least 4 members (excludes halogenated alkanes) is 2. The number of aliphatic hydroxyl groups excluding tert-OH is 2. The minimum Gasteiger partial charge on any atom is -0.507 e. The molecule has 1 saturated carbocycles. The van der Waals surface area contributed by atoms with Crippen molar-refractivity contribution in [3.63, 3.8) is 0 Å². The first kappa shape index (κ1) is 37.9. The van der Waals surface area contributed by atoms with Crippen molar-refractivity contribution in [3.8, 4) is 11.6 Å². The van der Waals surface area contributed by atoms with Crippen molar-refractivity contribution in [2.24, 2.45) is 11.8 Å². The molecule has 4 atom stereocenters. The van der Waals surface area contributed by atoms with Crippen molar-refractivity contribution in [2.45, 2.75) is 103 Å². The Bertz CT molecular complexity index is 1690. The summed E-state index contributed by atoms with van der Waals surface area (Å²) in [6.07, 6.45) is 6.49. The minimum absolute atomic E-state index is 0.0260. The van der Waals surface area contributed by atoms with Crippen LogP contribution in [0.1, 0.15) is 106 Å². The Morgan fingerprint density at radius 3 is 2.36 bits per heavy atom. The number of hydrogen-bond acceptors (Lipinski definition) is 10. The molecule has 10 nitrogen and oxygen atoms in total. The summed E-state index contributed by atoms with van der Waals surface area (Å²) >= 11 is 0. The number of ether oxygens (including phenoxy) is 2. The van der Waals surface area contributed by atoms with Crippen molar-refractivity contribution in [3.05, 3.63) is 51.5 Å². The van der Waals surface area contributed by atoms with E-state index in [1.807, 2.05) is 66.7 Å². The molecule has 0 aliphatic heterocycles. The van der Waals surface area contributed by atoms with Gasteiger partial charge in [-0.3, -0.25) is 14.5 Å². The van der Waals surface area contributed by atoms with Crippen molar-refractivity contribution in [2.75, 3.05) is 33.9 Å². The third-order valence-corrected chi connectivity index (χ3v) is 15.4. The van der Waals surface area contributed by atoms with E-state index in [4.69, 9.17) is 18.4 Å². The monoisotopic (exact) mass is 712 g/mol. The predicted molar refractivity (Wildman–Crippen MR) is 191 cm³/mol. The molecular formula is C38H53FN2O8Si. The maximum absolute atomic E-state index is 16.0. The lowest BCUT2D eigenvalue weighted by molar-refractivity contribution is -0.140. The van der Waals surface area contributed by atoms with E-state index in [1.165, 1.54) is 18.2 Å². The SMILES string of the molecule is CCCCOc1noc2c1C(=O)[C@@]1(O[Si](C)(C)C(C)(C)C)C(=O)C3=C(O)c4c(c(F)cc(/C=C/CO)c4OCCCC)C[C@H]3C[C@H]1[C@@H]2N(C)C. The second-order valence-corrected chi connectivity index (χ2v) is 20.2. The Morgan fingerprint density at radius 2 is 1.76 bits per heavy atom. The first-order chi connectivity index (χ1) is 23.6. The number of benzene rings is 1. The highest BCUT2D eigenvalue weighted by molar-refractivity contribution is 6.74. The number of hydrogen-bond donors (Lipinski definition) is 2. The summed E-state index contributed by atoms with van der Waals surface area (Å²) in [4.78, 5) is 32.6.